The van der Waals surface area contributed by atoms with Crippen LogP contribution in [-0.2, 0) is 11.2 Å². The van der Waals surface area contributed by atoms with Crippen molar-refractivity contribution in [1.82, 2.24) is 10.3 Å². The Morgan fingerprint density at radius 2 is 2.31 bits per heavy atom. The Balaban J connectivity index is 2.07. The van der Waals surface area contributed by atoms with E-state index in [2.05, 4.69) is 15.3 Å². The van der Waals surface area contributed by atoms with Crippen LogP contribution in [0, 0.1) is 12.8 Å². The first-order valence-electron chi connectivity index (χ1n) is 5.35. The molecular formula is C11H15N3OS. The molecule has 2 rings (SSSR count). The highest BCUT2D eigenvalue weighted by atomic mass is 32.1. The fraction of sp³-hybridized carbons (Fsp3) is 0.545. The van der Waals surface area contributed by atoms with E-state index in [9.17, 15) is 4.79 Å². The van der Waals surface area contributed by atoms with Crippen molar-refractivity contribution in [2.45, 2.75) is 33.2 Å². The van der Waals surface area contributed by atoms with Crippen molar-refractivity contribution >= 4 is 23.1 Å². The molecular weight excluding hydrogens is 222 g/mol. The number of carbonyl (C=O) groups is 1. The molecule has 1 N–H and O–H groups in total. The fourth-order valence-electron chi connectivity index (χ4n) is 1.68. The van der Waals surface area contributed by atoms with Crippen molar-refractivity contribution in [3.8, 4) is 0 Å². The maximum Gasteiger partial charge on any atom is 0.250 e. The number of amides is 1. The lowest BCUT2D eigenvalue weighted by molar-refractivity contribution is -0.120. The summed E-state index contributed by atoms with van der Waals surface area (Å²) in [6.45, 7) is 5.98. The lowest BCUT2D eigenvalue weighted by Crippen LogP contribution is -2.31. The van der Waals surface area contributed by atoms with Gasteiger partial charge in [-0.2, -0.15) is 0 Å². The van der Waals surface area contributed by atoms with Crippen LogP contribution in [0.5, 0.6) is 0 Å². The maximum atomic E-state index is 11.6. The third-order valence-electron chi connectivity index (χ3n) is 2.48. The van der Waals surface area contributed by atoms with Crippen molar-refractivity contribution in [3.05, 3.63) is 16.1 Å². The summed E-state index contributed by atoms with van der Waals surface area (Å²) in [5.41, 5.74) is 0.978. The smallest absolute Gasteiger partial charge is 0.250 e. The number of rotatable bonds is 3. The van der Waals surface area contributed by atoms with Gasteiger partial charge in [0, 0.05) is 11.8 Å². The molecule has 1 aromatic rings. The molecule has 0 bridgehead atoms. The zero-order valence-corrected chi connectivity index (χ0v) is 10.5. The van der Waals surface area contributed by atoms with Gasteiger partial charge < -0.3 is 5.32 Å². The van der Waals surface area contributed by atoms with E-state index >= 15 is 0 Å². The van der Waals surface area contributed by atoms with Crippen LogP contribution in [0.2, 0.25) is 0 Å². The van der Waals surface area contributed by atoms with E-state index in [1.165, 1.54) is 0 Å². The molecule has 0 radical (unpaired) electrons. The second-order valence-corrected chi connectivity index (χ2v) is 5.35. The molecule has 2 heterocycles. The number of carbonyl (C=O) groups excluding carboxylic acids is 1. The molecule has 0 saturated heterocycles. The standard InChI is InChI=1S/C11H15N3OS/c1-6(2)10-11(15)14-9(13-10)4-8-5-16-7(3)12-8/h5-6,10H,4H2,1-3H3,(H,13,14,15). The second-order valence-electron chi connectivity index (χ2n) is 4.29. The fourth-order valence-corrected chi connectivity index (χ4v) is 2.29. The summed E-state index contributed by atoms with van der Waals surface area (Å²) >= 11 is 1.62. The number of hydrogen-bond acceptors (Lipinski definition) is 4. The molecule has 5 heteroatoms. The van der Waals surface area contributed by atoms with Gasteiger partial charge in [0.25, 0.3) is 0 Å². The molecule has 1 aromatic heterocycles. The average molecular weight is 237 g/mol. The third-order valence-corrected chi connectivity index (χ3v) is 3.30. The minimum absolute atomic E-state index is 0.0111. The van der Waals surface area contributed by atoms with E-state index < -0.39 is 0 Å². The van der Waals surface area contributed by atoms with Crippen LogP contribution in [0.25, 0.3) is 0 Å². The highest BCUT2D eigenvalue weighted by Crippen LogP contribution is 2.14. The quantitative estimate of drug-likeness (QED) is 0.867. The number of thiazole rings is 1. The number of aliphatic imine (C=N–C) groups is 1. The first-order chi connectivity index (χ1) is 7.56. The monoisotopic (exact) mass is 237 g/mol. The summed E-state index contributed by atoms with van der Waals surface area (Å²) in [4.78, 5) is 20.3. The van der Waals surface area contributed by atoms with Crippen molar-refractivity contribution in [1.29, 1.82) is 0 Å². The van der Waals surface area contributed by atoms with Crippen molar-refractivity contribution in [2.75, 3.05) is 0 Å². The molecule has 1 unspecified atom stereocenters. The SMILES string of the molecule is Cc1nc(CC2=NC(C(C)C)C(=O)N2)cs1. The predicted octanol–water partition coefficient (Wildman–Crippen LogP) is 1.55. The molecule has 16 heavy (non-hydrogen) atoms. The van der Waals surface area contributed by atoms with E-state index in [0.29, 0.717) is 6.42 Å². The minimum atomic E-state index is -0.227. The van der Waals surface area contributed by atoms with Gasteiger partial charge in [-0.25, -0.2) is 4.98 Å². The number of aryl methyl sites for hydroxylation is 1. The van der Waals surface area contributed by atoms with Gasteiger partial charge in [-0.3, -0.25) is 9.79 Å². The van der Waals surface area contributed by atoms with Gasteiger partial charge in [0.05, 0.1) is 10.7 Å². The van der Waals surface area contributed by atoms with Gasteiger partial charge in [0.2, 0.25) is 5.91 Å². The van der Waals surface area contributed by atoms with E-state index in [1.54, 1.807) is 11.3 Å². The highest BCUT2D eigenvalue weighted by Gasteiger charge is 2.28. The Hall–Kier alpha value is -1.23. The van der Waals surface area contributed by atoms with E-state index in [-0.39, 0.29) is 17.9 Å². The molecule has 4 nitrogen and oxygen atoms in total. The molecule has 0 aromatic carbocycles. The molecule has 1 amide bonds. The van der Waals surface area contributed by atoms with Crippen LogP contribution >= 0.6 is 11.3 Å². The first kappa shape index (κ1) is 11.3. The summed E-state index contributed by atoms with van der Waals surface area (Å²) in [7, 11) is 0. The van der Waals surface area contributed by atoms with Gasteiger partial charge in [-0.1, -0.05) is 13.8 Å². The van der Waals surface area contributed by atoms with Crippen LogP contribution in [0.15, 0.2) is 10.4 Å². The molecule has 0 fully saturated rings. The van der Waals surface area contributed by atoms with E-state index in [1.807, 2.05) is 26.2 Å². The van der Waals surface area contributed by atoms with Crippen molar-refractivity contribution in [2.24, 2.45) is 10.9 Å². The Bertz CT molecular complexity index is 436. The van der Waals surface area contributed by atoms with Crippen LogP contribution in [-0.4, -0.2) is 22.8 Å². The summed E-state index contributed by atoms with van der Waals surface area (Å²) in [6, 6.07) is -0.227. The van der Waals surface area contributed by atoms with Crippen LogP contribution in [0.4, 0.5) is 0 Å². The molecule has 86 valence electrons. The van der Waals surface area contributed by atoms with Gasteiger partial charge in [0.1, 0.15) is 11.9 Å². The zero-order chi connectivity index (χ0) is 11.7. The van der Waals surface area contributed by atoms with Crippen molar-refractivity contribution in [3.63, 3.8) is 0 Å². The third kappa shape index (κ3) is 2.29. The van der Waals surface area contributed by atoms with Crippen LogP contribution in [0.3, 0.4) is 0 Å². The topological polar surface area (TPSA) is 54.4 Å². The van der Waals surface area contributed by atoms with Crippen LogP contribution in [0.1, 0.15) is 24.5 Å². The average Bonchev–Trinajstić information content (AvgIpc) is 2.73. The summed E-state index contributed by atoms with van der Waals surface area (Å²) in [6.07, 6.45) is 0.624. The van der Waals surface area contributed by atoms with Gasteiger partial charge in [0.15, 0.2) is 0 Å². The molecule has 0 aliphatic carbocycles. The molecule has 1 aliphatic rings. The van der Waals surface area contributed by atoms with Crippen LogP contribution < -0.4 is 5.32 Å². The Morgan fingerprint density at radius 1 is 1.56 bits per heavy atom. The van der Waals surface area contributed by atoms with Gasteiger partial charge in [-0.05, 0) is 12.8 Å². The normalized spacial score (nSPS) is 20.1. The number of nitrogens with zero attached hydrogens (tertiary/aromatic N) is 2. The molecule has 0 saturated carbocycles. The second kappa shape index (κ2) is 4.33. The number of nitrogens with one attached hydrogen (secondary N) is 1. The van der Waals surface area contributed by atoms with Crippen molar-refractivity contribution < 1.29 is 4.79 Å². The summed E-state index contributed by atoms with van der Waals surface area (Å²) in [5.74, 6) is 1.00. The number of hydrogen-bond donors (Lipinski definition) is 1. The minimum Gasteiger partial charge on any atom is -0.312 e. The zero-order valence-electron chi connectivity index (χ0n) is 9.65. The van der Waals surface area contributed by atoms with E-state index in [4.69, 9.17) is 0 Å². The lowest BCUT2D eigenvalue weighted by atomic mass is 10.1. The molecule has 0 spiro atoms. The Labute approximate surface area is 98.8 Å². The Kier molecular flexibility index (Phi) is 3.05. The summed E-state index contributed by atoms with van der Waals surface area (Å²) < 4.78 is 0. The largest absolute Gasteiger partial charge is 0.312 e. The molecule has 1 aliphatic heterocycles. The summed E-state index contributed by atoms with van der Waals surface area (Å²) in [5, 5.41) is 5.87. The number of aromatic nitrogens is 1. The number of amidine groups is 1. The predicted molar refractivity (Wildman–Crippen MR) is 64.8 cm³/mol. The van der Waals surface area contributed by atoms with E-state index in [0.717, 1.165) is 16.5 Å². The Morgan fingerprint density at radius 3 is 2.81 bits per heavy atom. The molecule has 1 atom stereocenters. The van der Waals surface area contributed by atoms with Gasteiger partial charge >= 0.3 is 0 Å². The highest BCUT2D eigenvalue weighted by molar-refractivity contribution is 7.09. The maximum absolute atomic E-state index is 11.6. The van der Waals surface area contributed by atoms with Gasteiger partial charge in [-0.15, -0.1) is 11.3 Å². The first-order valence-corrected chi connectivity index (χ1v) is 6.23. The lowest BCUT2D eigenvalue weighted by Gasteiger charge is -2.06.